The smallest absolute Gasteiger partial charge is 0.231 e. The Morgan fingerprint density at radius 1 is 1.20 bits per heavy atom. The molecule has 1 rings (SSSR count). The van der Waals surface area contributed by atoms with Crippen LogP contribution in [0.1, 0.15) is 35.3 Å². The maximum atomic E-state index is 12.4. The summed E-state index contributed by atoms with van der Waals surface area (Å²) in [6.07, 6.45) is 0. The highest BCUT2D eigenvalue weighted by molar-refractivity contribution is 5.99. The Hall–Kier alpha value is -1.68. The minimum atomic E-state index is -0.403. The van der Waals surface area contributed by atoms with Crippen LogP contribution in [-0.4, -0.2) is 36.2 Å². The first-order valence-corrected chi connectivity index (χ1v) is 6.90. The number of hydrogen-bond donors (Lipinski definition) is 1. The number of amides is 1. The third-order valence-electron chi connectivity index (χ3n) is 3.06. The van der Waals surface area contributed by atoms with Crippen molar-refractivity contribution in [3.05, 3.63) is 34.9 Å². The molecule has 2 N–H and O–H groups in total. The average Bonchev–Trinajstić information content (AvgIpc) is 2.30. The van der Waals surface area contributed by atoms with Crippen molar-refractivity contribution in [2.45, 2.75) is 27.7 Å². The van der Waals surface area contributed by atoms with Crippen LogP contribution in [-0.2, 0) is 4.79 Å². The standard InChI is InChI=1S/C16H24N2O2/c1-11(2)8-18(10-16(17)20)9-15(19)14-7-12(3)5-6-13(14)4/h5-7,11H,8-10H2,1-4H3,(H2,17,20). The van der Waals surface area contributed by atoms with Gasteiger partial charge in [-0.2, -0.15) is 0 Å². The fourth-order valence-corrected chi connectivity index (χ4v) is 2.25. The second-order valence-corrected chi connectivity index (χ2v) is 5.77. The lowest BCUT2D eigenvalue weighted by Crippen LogP contribution is -2.39. The Morgan fingerprint density at radius 3 is 2.40 bits per heavy atom. The van der Waals surface area contributed by atoms with E-state index in [0.717, 1.165) is 16.7 Å². The van der Waals surface area contributed by atoms with Gasteiger partial charge in [0, 0.05) is 12.1 Å². The largest absolute Gasteiger partial charge is 0.369 e. The Balaban J connectivity index is 2.84. The SMILES string of the molecule is Cc1ccc(C)c(C(=O)CN(CC(N)=O)CC(C)C)c1. The van der Waals surface area contributed by atoms with Crippen molar-refractivity contribution in [3.63, 3.8) is 0 Å². The maximum absolute atomic E-state index is 12.4. The molecule has 4 heteroatoms. The summed E-state index contributed by atoms with van der Waals surface area (Å²) in [7, 11) is 0. The monoisotopic (exact) mass is 276 g/mol. The van der Waals surface area contributed by atoms with Gasteiger partial charge >= 0.3 is 0 Å². The summed E-state index contributed by atoms with van der Waals surface area (Å²) in [5.41, 5.74) is 7.99. The summed E-state index contributed by atoms with van der Waals surface area (Å²) in [5.74, 6) is 0.00766. The third-order valence-corrected chi connectivity index (χ3v) is 3.06. The van der Waals surface area contributed by atoms with Crippen LogP contribution in [0.5, 0.6) is 0 Å². The molecule has 20 heavy (non-hydrogen) atoms. The minimum Gasteiger partial charge on any atom is -0.369 e. The zero-order chi connectivity index (χ0) is 15.3. The summed E-state index contributed by atoms with van der Waals surface area (Å²) < 4.78 is 0. The van der Waals surface area contributed by atoms with Crippen LogP contribution in [0.25, 0.3) is 0 Å². The fourth-order valence-electron chi connectivity index (χ4n) is 2.25. The molecule has 0 spiro atoms. The van der Waals surface area contributed by atoms with Gasteiger partial charge in [-0.15, -0.1) is 0 Å². The molecule has 0 aliphatic heterocycles. The van der Waals surface area contributed by atoms with E-state index in [1.807, 2.05) is 36.9 Å². The molecule has 4 nitrogen and oxygen atoms in total. The van der Waals surface area contributed by atoms with E-state index in [2.05, 4.69) is 13.8 Å². The van der Waals surface area contributed by atoms with Gasteiger partial charge in [0.15, 0.2) is 5.78 Å². The average molecular weight is 276 g/mol. The minimum absolute atomic E-state index is 0.0353. The molecule has 0 unspecified atom stereocenters. The van der Waals surface area contributed by atoms with Crippen molar-refractivity contribution < 1.29 is 9.59 Å². The number of carbonyl (C=O) groups excluding carboxylic acids is 2. The molecule has 0 saturated carbocycles. The molecule has 0 radical (unpaired) electrons. The van der Waals surface area contributed by atoms with E-state index in [9.17, 15) is 9.59 Å². The highest BCUT2D eigenvalue weighted by Crippen LogP contribution is 2.12. The van der Waals surface area contributed by atoms with Crippen molar-refractivity contribution in [1.29, 1.82) is 0 Å². The van der Waals surface area contributed by atoms with Crippen molar-refractivity contribution in [2.24, 2.45) is 11.7 Å². The van der Waals surface area contributed by atoms with E-state index in [1.165, 1.54) is 0 Å². The Kier molecular flexibility index (Phi) is 5.89. The first-order chi connectivity index (χ1) is 9.29. The summed E-state index contributed by atoms with van der Waals surface area (Å²) in [4.78, 5) is 25.3. The van der Waals surface area contributed by atoms with Crippen LogP contribution >= 0.6 is 0 Å². The van der Waals surface area contributed by atoms with Crippen LogP contribution in [0.4, 0.5) is 0 Å². The lowest BCUT2D eigenvalue weighted by atomic mass is 10.0. The van der Waals surface area contributed by atoms with Gasteiger partial charge in [-0.1, -0.05) is 31.5 Å². The number of rotatable bonds is 7. The van der Waals surface area contributed by atoms with Crippen LogP contribution in [0, 0.1) is 19.8 Å². The number of nitrogens with two attached hydrogens (primary N) is 1. The lowest BCUT2D eigenvalue weighted by Gasteiger charge is -2.22. The molecule has 1 amide bonds. The molecule has 1 aromatic rings. The summed E-state index contributed by atoms with van der Waals surface area (Å²) >= 11 is 0. The third kappa shape index (κ3) is 5.13. The number of primary amides is 1. The van der Waals surface area contributed by atoms with Gasteiger partial charge in [0.1, 0.15) is 0 Å². The van der Waals surface area contributed by atoms with E-state index in [4.69, 9.17) is 5.73 Å². The number of aryl methyl sites for hydroxylation is 2. The molecule has 0 bridgehead atoms. The molecule has 110 valence electrons. The van der Waals surface area contributed by atoms with Crippen molar-refractivity contribution in [1.82, 2.24) is 4.90 Å². The number of nitrogens with zero attached hydrogens (tertiary/aromatic N) is 1. The molecular formula is C16H24N2O2. The van der Waals surface area contributed by atoms with E-state index in [-0.39, 0.29) is 18.9 Å². The van der Waals surface area contributed by atoms with Gasteiger partial charge in [0.2, 0.25) is 5.91 Å². The van der Waals surface area contributed by atoms with Crippen LogP contribution in [0.15, 0.2) is 18.2 Å². The Labute approximate surface area is 121 Å². The zero-order valence-electron chi connectivity index (χ0n) is 12.8. The topological polar surface area (TPSA) is 63.4 Å². The molecule has 1 aromatic carbocycles. The number of carbonyl (C=O) groups is 2. The molecular weight excluding hydrogens is 252 g/mol. The second kappa shape index (κ2) is 7.20. The van der Waals surface area contributed by atoms with Gasteiger partial charge < -0.3 is 5.73 Å². The maximum Gasteiger partial charge on any atom is 0.231 e. The number of Topliss-reactive ketones (excluding diaryl/α,β-unsaturated/α-hetero) is 1. The predicted molar refractivity (Wildman–Crippen MR) is 80.7 cm³/mol. The van der Waals surface area contributed by atoms with Gasteiger partial charge in [-0.25, -0.2) is 0 Å². The molecule has 0 fully saturated rings. The van der Waals surface area contributed by atoms with E-state index < -0.39 is 5.91 Å². The van der Waals surface area contributed by atoms with Gasteiger partial charge in [0.25, 0.3) is 0 Å². The van der Waals surface area contributed by atoms with E-state index >= 15 is 0 Å². The van der Waals surface area contributed by atoms with Crippen LogP contribution in [0.2, 0.25) is 0 Å². The van der Waals surface area contributed by atoms with Gasteiger partial charge in [-0.05, 0) is 31.4 Å². The first kappa shape index (κ1) is 16.4. The van der Waals surface area contributed by atoms with Gasteiger partial charge in [-0.3, -0.25) is 14.5 Å². The Morgan fingerprint density at radius 2 is 1.85 bits per heavy atom. The fraction of sp³-hybridized carbons (Fsp3) is 0.500. The number of benzene rings is 1. The van der Waals surface area contributed by atoms with Crippen molar-refractivity contribution in [2.75, 3.05) is 19.6 Å². The van der Waals surface area contributed by atoms with Crippen molar-refractivity contribution >= 4 is 11.7 Å². The molecule has 0 atom stereocenters. The summed E-state index contributed by atoms with van der Waals surface area (Å²) in [6.45, 7) is 9.02. The summed E-state index contributed by atoms with van der Waals surface area (Å²) in [6, 6.07) is 5.83. The molecule has 0 saturated heterocycles. The van der Waals surface area contributed by atoms with Crippen LogP contribution in [0.3, 0.4) is 0 Å². The summed E-state index contributed by atoms with van der Waals surface area (Å²) in [5, 5.41) is 0. The normalized spacial score (nSPS) is 11.1. The highest BCUT2D eigenvalue weighted by Gasteiger charge is 2.17. The second-order valence-electron chi connectivity index (χ2n) is 5.77. The van der Waals surface area contributed by atoms with E-state index in [0.29, 0.717) is 12.5 Å². The zero-order valence-corrected chi connectivity index (χ0v) is 12.8. The Bertz CT molecular complexity index is 495. The predicted octanol–water partition coefficient (Wildman–Crippen LogP) is 1.93. The molecule has 0 aliphatic rings. The number of hydrogen-bond acceptors (Lipinski definition) is 3. The van der Waals surface area contributed by atoms with E-state index in [1.54, 1.807) is 0 Å². The quantitative estimate of drug-likeness (QED) is 0.774. The molecule has 0 aromatic heterocycles. The number of ketones is 1. The molecule has 0 aliphatic carbocycles. The highest BCUT2D eigenvalue weighted by atomic mass is 16.1. The molecule has 0 heterocycles. The van der Waals surface area contributed by atoms with Crippen LogP contribution < -0.4 is 5.73 Å². The van der Waals surface area contributed by atoms with Gasteiger partial charge in [0.05, 0.1) is 13.1 Å². The first-order valence-electron chi connectivity index (χ1n) is 6.90. The van der Waals surface area contributed by atoms with Crippen molar-refractivity contribution in [3.8, 4) is 0 Å². The lowest BCUT2D eigenvalue weighted by molar-refractivity contribution is -0.119.